The Balaban J connectivity index is 1.94. The van der Waals surface area contributed by atoms with Crippen LogP contribution in [0.2, 0.25) is 0 Å². The van der Waals surface area contributed by atoms with E-state index in [2.05, 4.69) is 31.9 Å². The smallest absolute Gasteiger partial charge is 0.203 e. The molecule has 1 aliphatic carbocycles. The maximum atomic E-state index is 5.88. The molecule has 0 bridgehead atoms. The zero-order chi connectivity index (χ0) is 12.4. The van der Waals surface area contributed by atoms with Gasteiger partial charge >= 0.3 is 0 Å². The third-order valence-electron chi connectivity index (χ3n) is 3.56. The molecule has 0 amide bonds. The molecule has 0 N–H and O–H groups in total. The van der Waals surface area contributed by atoms with Gasteiger partial charge in [-0.3, -0.25) is 0 Å². The highest BCUT2D eigenvalue weighted by Crippen LogP contribution is 2.61. The number of ether oxygens (including phenoxy) is 4. The molecule has 7 heteroatoms. The number of thiophene rings is 1. The van der Waals surface area contributed by atoms with Gasteiger partial charge < -0.3 is 18.9 Å². The van der Waals surface area contributed by atoms with E-state index < -0.39 is 11.6 Å². The lowest BCUT2D eigenvalue weighted by molar-refractivity contribution is -0.240. The Morgan fingerprint density at radius 3 is 1.56 bits per heavy atom. The van der Waals surface area contributed by atoms with Crippen molar-refractivity contribution in [3.8, 4) is 0 Å². The van der Waals surface area contributed by atoms with Crippen molar-refractivity contribution in [2.24, 2.45) is 0 Å². The van der Waals surface area contributed by atoms with Gasteiger partial charge in [0.05, 0.1) is 40.4 Å². The molecule has 4 rings (SSSR count). The highest BCUT2D eigenvalue weighted by atomic mass is 79.9. The van der Waals surface area contributed by atoms with Gasteiger partial charge in [0.1, 0.15) is 0 Å². The first-order valence-corrected chi connectivity index (χ1v) is 8.12. The number of hydrogen-bond acceptors (Lipinski definition) is 5. The molecule has 2 fully saturated rings. The number of rotatable bonds is 0. The molecule has 1 aromatic rings. The zero-order valence-electron chi connectivity index (χ0n) is 9.33. The van der Waals surface area contributed by atoms with Crippen LogP contribution in [-0.4, -0.2) is 26.4 Å². The van der Waals surface area contributed by atoms with Crippen molar-refractivity contribution < 1.29 is 18.9 Å². The lowest BCUT2D eigenvalue weighted by Crippen LogP contribution is -2.30. The minimum atomic E-state index is -0.707. The van der Waals surface area contributed by atoms with E-state index in [0.29, 0.717) is 32.8 Å². The van der Waals surface area contributed by atoms with E-state index in [-0.39, 0.29) is 0 Å². The van der Waals surface area contributed by atoms with Crippen LogP contribution in [0.25, 0.3) is 0 Å². The second-order valence-corrected chi connectivity index (χ2v) is 8.13. The molecular formula is C11H10Br2O4S. The van der Waals surface area contributed by atoms with E-state index in [1.54, 1.807) is 11.3 Å². The maximum absolute atomic E-state index is 5.88. The number of halogens is 2. The molecule has 0 atom stereocenters. The van der Waals surface area contributed by atoms with Crippen molar-refractivity contribution in [1.29, 1.82) is 0 Å². The van der Waals surface area contributed by atoms with Crippen molar-refractivity contribution in [2.45, 2.75) is 18.0 Å². The van der Waals surface area contributed by atoms with Gasteiger partial charge in [0.15, 0.2) is 0 Å². The summed E-state index contributed by atoms with van der Waals surface area (Å²) in [4.78, 5) is 0. The Morgan fingerprint density at radius 1 is 0.778 bits per heavy atom. The lowest BCUT2D eigenvalue weighted by atomic mass is 10.1. The molecular weight excluding hydrogens is 388 g/mol. The molecule has 3 aliphatic rings. The second-order valence-electron chi connectivity index (χ2n) is 4.48. The van der Waals surface area contributed by atoms with Crippen LogP contribution in [0.5, 0.6) is 0 Å². The third-order valence-corrected chi connectivity index (χ3v) is 6.09. The summed E-state index contributed by atoms with van der Waals surface area (Å²) in [5.74, 6) is -1.41. The first kappa shape index (κ1) is 12.3. The van der Waals surface area contributed by atoms with Crippen molar-refractivity contribution >= 4 is 43.2 Å². The van der Waals surface area contributed by atoms with E-state index in [0.717, 1.165) is 18.7 Å². The molecule has 2 saturated heterocycles. The van der Waals surface area contributed by atoms with Gasteiger partial charge in [0, 0.05) is 11.1 Å². The summed E-state index contributed by atoms with van der Waals surface area (Å²) < 4.78 is 25.6. The van der Waals surface area contributed by atoms with Crippen molar-refractivity contribution in [3.63, 3.8) is 0 Å². The molecule has 3 heterocycles. The molecule has 18 heavy (non-hydrogen) atoms. The van der Waals surface area contributed by atoms with E-state index >= 15 is 0 Å². The van der Waals surface area contributed by atoms with Gasteiger partial charge in [-0.2, -0.15) is 0 Å². The molecule has 0 aromatic carbocycles. The first-order chi connectivity index (χ1) is 8.67. The Hall–Kier alpha value is 0.500. The van der Waals surface area contributed by atoms with Crippen LogP contribution < -0.4 is 0 Å². The van der Waals surface area contributed by atoms with Crippen molar-refractivity contribution in [2.75, 3.05) is 26.4 Å². The van der Waals surface area contributed by atoms with Crippen LogP contribution in [0.4, 0.5) is 0 Å². The zero-order valence-corrected chi connectivity index (χ0v) is 13.3. The van der Waals surface area contributed by atoms with E-state index in [4.69, 9.17) is 18.9 Å². The summed E-state index contributed by atoms with van der Waals surface area (Å²) in [5.41, 5.74) is 2.05. The average molecular weight is 398 g/mol. The largest absolute Gasteiger partial charge is 0.343 e. The summed E-state index contributed by atoms with van der Waals surface area (Å²) in [7, 11) is 0. The normalized spacial score (nSPS) is 27.4. The monoisotopic (exact) mass is 396 g/mol. The Kier molecular flexibility index (Phi) is 2.73. The van der Waals surface area contributed by atoms with Gasteiger partial charge in [-0.05, 0) is 31.9 Å². The Labute approximate surface area is 125 Å². The molecule has 2 spiro atoms. The van der Waals surface area contributed by atoms with Gasteiger partial charge in [-0.15, -0.1) is 11.3 Å². The summed E-state index contributed by atoms with van der Waals surface area (Å²) in [6.07, 6.45) is 0.565. The van der Waals surface area contributed by atoms with Crippen LogP contribution in [0, 0.1) is 0 Å². The van der Waals surface area contributed by atoms with Gasteiger partial charge in [0.2, 0.25) is 11.6 Å². The third kappa shape index (κ3) is 1.44. The topological polar surface area (TPSA) is 36.9 Å². The maximum Gasteiger partial charge on any atom is 0.203 e. The lowest BCUT2D eigenvalue weighted by Gasteiger charge is -2.27. The molecule has 0 radical (unpaired) electrons. The average Bonchev–Trinajstić information content (AvgIpc) is 3.04. The second kappa shape index (κ2) is 4.00. The van der Waals surface area contributed by atoms with E-state index in [1.807, 2.05) is 0 Å². The highest BCUT2D eigenvalue weighted by molar-refractivity contribution is 9.12. The quantitative estimate of drug-likeness (QED) is 0.674. The predicted molar refractivity (Wildman–Crippen MR) is 71.5 cm³/mol. The van der Waals surface area contributed by atoms with Gasteiger partial charge in [-0.1, -0.05) is 0 Å². The fourth-order valence-corrected chi connectivity index (χ4v) is 6.44. The molecule has 4 nitrogen and oxygen atoms in total. The fourth-order valence-electron chi connectivity index (χ4n) is 2.94. The van der Waals surface area contributed by atoms with Crippen molar-refractivity contribution in [3.05, 3.63) is 18.7 Å². The SMILES string of the molecule is Brc1sc(Br)c2c1C1(CC23OCCO3)OCCO1. The van der Waals surface area contributed by atoms with Crippen LogP contribution in [0.15, 0.2) is 7.57 Å². The van der Waals surface area contributed by atoms with Gasteiger partial charge in [-0.25, -0.2) is 0 Å². The summed E-state index contributed by atoms with van der Waals surface area (Å²) in [6.45, 7) is 2.43. The number of hydrogen-bond donors (Lipinski definition) is 0. The summed E-state index contributed by atoms with van der Waals surface area (Å²) >= 11 is 8.81. The van der Waals surface area contributed by atoms with E-state index in [1.165, 1.54) is 0 Å². The van der Waals surface area contributed by atoms with Crippen LogP contribution in [-0.2, 0) is 30.5 Å². The molecule has 2 aliphatic heterocycles. The Bertz CT molecular complexity index is 461. The fraction of sp³-hybridized carbons (Fsp3) is 0.636. The summed E-state index contributed by atoms with van der Waals surface area (Å²) in [6, 6.07) is 0. The van der Waals surface area contributed by atoms with Crippen LogP contribution in [0.3, 0.4) is 0 Å². The first-order valence-electron chi connectivity index (χ1n) is 5.71. The van der Waals surface area contributed by atoms with E-state index in [9.17, 15) is 0 Å². The minimum Gasteiger partial charge on any atom is -0.343 e. The van der Waals surface area contributed by atoms with Crippen LogP contribution in [0.1, 0.15) is 17.5 Å². The van der Waals surface area contributed by atoms with Crippen molar-refractivity contribution in [1.82, 2.24) is 0 Å². The number of fused-ring (bicyclic) bond motifs is 3. The molecule has 0 saturated carbocycles. The summed E-state index contributed by atoms with van der Waals surface area (Å²) in [5, 5.41) is 0. The van der Waals surface area contributed by atoms with Gasteiger partial charge in [0.25, 0.3) is 0 Å². The minimum absolute atomic E-state index is 0.565. The standard InChI is InChI=1S/C11H10Br2O4S/c12-8-6-7(9(13)18-8)11(16-3-4-17-11)5-10(6)14-1-2-15-10/h1-5H2. The Morgan fingerprint density at radius 2 is 1.17 bits per heavy atom. The predicted octanol–water partition coefficient (Wildman–Crippen LogP) is 3.08. The highest BCUT2D eigenvalue weighted by Gasteiger charge is 2.62. The van der Waals surface area contributed by atoms with Crippen LogP contribution >= 0.6 is 43.2 Å². The molecule has 1 aromatic heterocycles. The molecule has 98 valence electrons. The molecule has 0 unspecified atom stereocenters.